The Morgan fingerprint density at radius 1 is 1.24 bits per heavy atom. The molecular weight excluding hydrogens is 316 g/mol. The number of benzene rings is 1. The summed E-state index contributed by atoms with van der Waals surface area (Å²) in [5.41, 5.74) is 3.40. The van der Waals surface area contributed by atoms with Gasteiger partial charge in [-0.1, -0.05) is 29.8 Å². The van der Waals surface area contributed by atoms with E-state index in [9.17, 15) is 9.90 Å². The van der Waals surface area contributed by atoms with Crippen LogP contribution in [0.5, 0.6) is 0 Å². The Bertz CT molecular complexity index is 743. The number of rotatable bonds is 5. The summed E-state index contributed by atoms with van der Waals surface area (Å²) >= 11 is 0. The highest BCUT2D eigenvalue weighted by atomic mass is 16.5. The van der Waals surface area contributed by atoms with Crippen molar-refractivity contribution >= 4 is 11.8 Å². The van der Waals surface area contributed by atoms with Gasteiger partial charge in [-0.3, -0.25) is 0 Å². The molecule has 0 amide bonds. The minimum atomic E-state index is -0.934. The Balaban J connectivity index is 1.63. The number of aromatic carboxylic acids is 1. The van der Waals surface area contributed by atoms with Crippen LogP contribution < -0.4 is 5.32 Å². The Hall–Kier alpha value is -2.40. The van der Waals surface area contributed by atoms with Gasteiger partial charge in [0, 0.05) is 18.3 Å². The zero-order chi connectivity index (χ0) is 17.8. The number of aromatic nitrogens is 1. The van der Waals surface area contributed by atoms with Gasteiger partial charge in [0.25, 0.3) is 0 Å². The minimum absolute atomic E-state index is 0.0923. The monoisotopic (exact) mass is 340 g/mol. The van der Waals surface area contributed by atoms with Crippen LogP contribution in [-0.2, 0) is 4.74 Å². The van der Waals surface area contributed by atoms with Gasteiger partial charge in [0.2, 0.25) is 0 Å². The van der Waals surface area contributed by atoms with Gasteiger partial charge in [-0.2, -0.15) is 0 Å². The number of hydrogen-bond acceptors (Lipinski definition) is 4. The van der Waals surface area contributed by atoms with Crippen LogP contribution in [-0.4, -0.2) is 28.7 Å². The molecule has 1 aromatic carbocycles. The van der Waals surface area contributed by atoms with Crippen molar-refractivity contribution in [1.82, 2.24) is 4.98 Å². The quantitative estimate of drug-likeness (QED) is 0.857. The van der Waals surface area contributed by atoms with Gasteiger partial charge in [0.1, 0.15) is 5.82 Å². The molecule has 25 heavy (non-hydrogen) atoms. The molecule has 2 N–H and O–H groups in total. The Labute approximate surface area is 148 Å². The van der Waals surface area contributed by atoms with Crippen LogP contribution in [0.3, 0.4) is 0 Å². The largest absolute Gasteiger partial charge is 0.478 e. The van der Waals surface area contributed by atoms with Gasteiger partial charge in [-0.05, 0) is 44.7 Å². The first kappa shape index (κ1) is 17.4. The smallest absolute Gasteiger partial charge is 0.336 e. The summed E-state index contributed by atoms with van der Waals surface area (Å²) in [6, 6.07) is 10.0. The lowest BCUT2D eigenvalue weighted by Gasteiger charge is -2.31. The zero-order valence-electron chi connectivity index (χ0n) is 14.7. The number of carboxylic acids is 1. The fourth-order valence-electron chi connectivity index (χ4n) is 3.23. The van der Waals surface area contributed by atoms with Crippen LogP contribution >= 0.6 is 0 Å². The number of aryl methyl sites for hydroxylation is 1. The second kappa shape index (κ2) is 7.66. The summed E-state index contributed by atoms with van der Waals surface area (Å²) < 4.78 is 6.25. The van der Waals surface area contributed by atoms with E-state index < -0.39 is 5.97 Å². The number of nitrogens with one attached hydrogen (secondary N) is 1. The lowest BCUT2D eigenvalue weighted by Crippen LogP contribution is -2.29. The Morgan fingerprint density at radius 3 is 2.72 bits per heavy atom. The zero-order valence-corrected chi connectivity index (χ0v) is 14.7. The van der Waals surface area contributed by atoms with E-state index in [0.29, 0.717) is 17.9 Å². The number of nitrogens with zero attached hydrogens (tertiary/aromatic N) is 1. The summed E-state index contributed by atoms with van der Waals surface area (Å²) in [6.45, 7) is 4.48. The molecular formula is C20H24N2O3. The standard InChI is InChI=1S/C20H24N2O3/c1-13-6-8-15(9-7-13)18-5-3-4-16(25-18)12-22-19-14(2)17(20(23)24)10-11-21-19/h6-11,16,18H,3-5,12H2,1-2H3,(H,21,22)(H,23,24). The molecule has 5 nitrogen and oxygen atoms in total. The molecule has 5 heteroatoms. The summed E-state index contributed by atoms with van der Waals surface area (Å²) in [7, 11) is 0. The van der Waals surface area contributed by atoms with E-state index in [2.05, 4.69) is 41.5 Å². The second-order valence-electron chi connectivity index (χ2n) is 6.61. The van der Waals surface area contributed by atoms with Crippen molar-refractivity contribution in [2.24, 2.45) is 0 Å². The SMILES string of the molecule is Cc1ccc(C2CCCC(CNc3nccc(C(=O)O)c3C)O2)cc1. The molecule has 2 aromatic rings. The van der Waals surface area contributed by atoms with Crippen molar-refractivity contribution in [3.05, 3.63) is 58.8 Å². The van der Waals surface area contributed by atoms with Gasteiger partial charge < -0.3 is 15.2 Å². The van der Waals surface area contributed by atoms with Crippen molar-refractivity contribution in [3.8, 4) is 0 Å². The predicted molar refractivity (Wildman–Crippen MR) is 97.1 cm³/mol. The molecule has 2 unspecified atom stereocenters. The lowest BCUT2D eigenvalue weighted by atomic mass is 9.97. The number of pyridine rings is 1. The molecule has 0 radical (unpaired) electrons. The molecule has 2 heterocycles. The third-order valence-corrected chi connectivity index (χ3v) is 4.73. The van der Waals surface area contributed by atoms with Crippen LogP contribution in [0.2, 0.25) is 0 Å². The highest BCUT2D eigenvalue weighted by Gasteiger charge is 2.24. The fraction of sp³-hybridized carbons (Fsp3) is 0.400. The summed E-state index contributed by atoms with van der Waals surface area (Å²) in [5.74, 6) is -0.322. The van der Waals surface area contributed by atoms with E-state index in [1.807, 2.05) is 0 Å². The molecule has 1 aromatic heterocycles. The topological polar surface area (TPSA) is 71.5 Å². The number of carbonyl (C=O) groups is 1. The van der Waals surface area contributed by atoms with Crippen LogP contribution in [0.4, 0.5) is 5.82 Å². The maximum absolute atomic E-state index is 11.2. The van der Waals surface area contributed by atoms with Crippen LogP contribution in [0.1, 0.15) is 52.4 Å². The van der Waals surface area contributed by atoms with E-state index in [-0.39, 0.29) is 17.8 Å². The number of anilines is 1. The summed E-state index contributed by atoms with van der Waals surface area (Å²) in [5, 5.41) is 12.5. The third-order valence-electron chi connectivity index (χ3n) is 4.73. The Kier molecular flexibility index (Phi) is 5.34. The van der Waals surface area contributed by atoms with Crippen LogP contribution in [0, 0.1) is 13.8 Å². The van der Waals surface area contributed by atoms with Crippen molar-refractivity contribution < 1.29 is 14.6 Å². The van der Waals surface area contributed by atoms with Crippen molar-refractivity contribution in [3.63, 3.8) is 0 Å². The maximum atomic E-state index is 11.2. The second-order valence-corrected chi connectivity index (χ2v) is 6.61. The predicted octanol–water partition coefficient (Wildman–Crippen LogP) is 4.12. The number of hydrogen-bond donors (Lipinski definition) is 2. The maximum Gasteiger partial charge on any atom is 0.336 e. The van der Waals surface area contributed by atoms with Crippen molar-refractivity contribution in [2.45, 2.75) is 45.3 Å². The fourth-order valence-corrected chi connectivity index (χ4v) is 3.23. The average Bonchev–Trinajstić information content (AvgIpc) is 2.61. The molecule has 1 saturated heterocycles. The molecule has 0 aliphatic carbocycles. The van der Waals surface area contributed by atoms with E-state index in [1.54, 1.807) is 6.92 Å². The molecule has 1 fully saturated rings. The number of ether oxygens (including phenoxy) is 1. The van der Waals surface area contributed by atoms with E-state index in [4.69, 9.17) is 4.74 Å². The lowest BCUT2D eigenvalue weighted by molar-refractivity contribution is -0.0442. The van der Waals surface area contributed by atoms with Gasteiger partial charge in [-0.15, -0.1) is 0 Å². The van der Waals surface area contributed by atoms with Crippen molar-refractivity contribution in [1.29, 1.82) is 0 Å². The van der Waals surface area contributed by atoms with Gasteiger partial charge >= 0.3 is 5.97 Å². The van der Waals surface area contributed by atoms with E-state index in [0.717, 1.165) is 19.3 Å². The molecule has 2 atom stereocenters. The number of carboxylic acid groups (broad SMARTS) is 1. The van der Waals surface area contributed by atoms with Gasteiger partial charge in [0.05, 0.1) is 17.8 Å². The summed E-state index contributed by atoms with van der Waals surface area (Å²) in [6.07, 6.45) is 4.88. The van der Waals surface area contributed by atoms with Crippen LogP contribution in [0.25, 0.3) is 0 Å². The first-order valence-corrected chi connectivity index (χ1v) is 8.69. The molecule has 1 aliphatic heterocycles. The van der Waals surface area contributed by atoms with Crippen LogP contribution in [0.15, 0.2) is 36.5 Å². The minimum Gasteiger partial charge on any atom is -0.478 e. The first-order valence-electron chi connectivity index (χ1n) is 8.69. The molecule has 0 saturated carbocycles. The highest BCUT2D eigenvalue weighted by Crippen LogP contribution is 2.31. The molecule has 132 valence electrons. The average molecular weight is 340 g/mol. The normalized spacial score (nSPS) is 20.2. The molecule has 1 aliphatic rings. The third kappa shape index (κ3) is 4.17. The first-order chi connectivity index (χ1) is 12.0. The van der Waals surface area contributed by atoms with E-state index in [1.165, 1.54) is 23.4 Å². The van der Waals surface area contributed by atoms with E-state index >= 15 is 0 Å². The Morgan fingerprint density at radius 2 is 2.00 bits per heavy atom. The molecule has 3 rings (SSSR count). The van der Waals surface area contributed by atoms with Crippen molar-refractivity contribution in [2.75, 3.05) is 11.9 Å². The van der Waals surface area contributed by atoms with Gasteiger partial charge in [0.15, 0.2) is 0 Å². The highest BCUT2D eigenvalue weighted by molar-refractivity contribution is 5.90. The van der Waals surface area contributed by atoms with Gasteiger partial charge in [-0.25, -0.2) is 9.78 Å². The molecule has 0 spiro atoms. The molecule has 0 bridgehead atoms. The summed E-state index contributed by atoms with van der Waals surface area (Å²) in [4.78, 5) is 15.5.